The Bertz CT molecular complexity index is 871. The predicted molar refractivity (Wildman–Crippen MR) is 101 cm³/mol. The third-order valence-corrected chi connectivity index (χ3v) is 4.40. The van der Waals surface area contributed by atoms with Crippen LogP contribution in [0.4, 0.5) is 0 Å². The number of halogens is 1. The number of ether oxygens (including phenoxy) is 1. The molecular weight excluding hydrogens is 382 g/mol. The number of rotatable bonds is 5. The van der Waals surface area contributed by atoms with Gasteiger partial charge in [0.05, 0.1) is 19.2 Å². The standard InChI is InChI=1S/C20H18BrNO3/c1-22(20(23)17-5-3-4-6-19(17)24-2)13-16-11-12-18(25-16)14-7-9-15(21)10-8-14/h3-12H,13H2,1-2H3. The molecule has 0 bridgehead atoms. The zero-order valence-corrected chi connectivity index (χ0v) is 15.6. The van der Waals surface area contributed by atoms with Crippen LogP contribution in [0, 0.1) is 0 Å². The van der Waals surface area contributed by atoms with Crippen LogP contribution in [0.2, 0.25) is 0 Å². The van der Waals surface area contributed by atoms with Crippen LogP contribution in [-0.4, -0.2) is 25.0 Å². The summed E-state index contributed by atoms with van der Waals surface area (Å²) in [5.41, 5.74) is 1.53. The van der Waals surface area contributed by atoms with Gasteiger partial charge >= 0.3 is 0 Å². The van der Waals surface area contributed by atoms with E-state index in [1.165, 1.54) is 0 Å². The van der Waals surface area contributed by atoms with Crippen molar-refractivity contribution in [2.75, 3.05) is 14.2 Å². The van der Waals surface area contributed by atoms with Gasteiger partial charge in [0.15, 0.2) is 0 Å². The van der Waals surface area contributed by atoms with E-state index in [0.29, 0.717) is 17.9 Å². The van der Waals surface area contributed by atoms with E-state index < -0.39 is 0 Å². The molecule has 0 spiro atoms. The summed E-state index contributed by atoms with van der Waals surface area (Å²) in [5.74, 6) is 1.96. The monoisotopic (exact) mass is 399 g/mol. The number of para-hydroxylation sites is 1. The number of furan rings is 1. The highest BCUT2D eigenvalue weighted by Gasteiger charge is 2.17. The molecule has 0 aliphatic rings. The summed E-state index contributed by atoms with van der Waals surface area (Å²) >= 11 is 3.42. The smallest absolute Gasteiger partial charge is 0.257 e. The first-order valence-electron chi connectivity index (χ1n) is 7.81. The number of nitrogens with zero attached hydrogens (tertiary/aromatic N) is 1. The minimum Gasteiger partial charge on any atom is -0.496 e. The Balaban J connectivity index is 1.74. The molecule has 0 fully saturated rings. The number of benzene rings is 2. The van der Waals surface area contributed by atoms with Gasteiger partial charge in [-0.25, -0.2) is 0 Å². The van der Waals surface area contributed by atoms with Crippen LogP contribution in [0.3, 0.4) is 0 Å². The number of methoxy groups -OCH3 is 1. The number of carbonyl (C=O) groups is 1. The van der Waals surface area contributed by atoms with E-state index in [2.05, 4.69) is 15.9 Å². The van der Waals surface area contributed by atoms with Crippen LogP contribution in [0.25, 0.3) is 11.3 Å². The second-order valence-corrected chi connectivity index (χ2v) is 6.55. The van der Waals surface area contributed by atoms with E-state index in [9.17, 15) is 4.79 Å². The summed E-state index contributed by atoms with van der Waals surface area (Å²) in [6.45, 7) is 0.382. The molecule has 1 heterocycles. The first-order valence-corrected chi connectivity index (χ1v) is 8.61. The zero-order chi connectivity index (χ0) is 17.8. The van der Waals surface area contributed by atoms with Gasteiger partial charge in [-0.3, -0.25) is 4.79 Å². The number of amides is 1. The molecule has 1 aromatic heterocycles. The first-order chi connectivity index (χ1) is 12.1. The van der Waals surface area contributed by atoms with E-state index >= 15 is 0 Å². The average Bonchev–Trinajstić information content (AvgIpc) is 3.10. The molecule has 1 amide bonds. The van der Waals surface area contributed by atoms with Gasteiger partial charge in [0.1, 0.15) is 17.3 Å². The zero-order valence-electron chi connectivity index (χ0n) is 14.0. The Labute approximate surface area is 155 Å². The maximum Gasteiger partial charge on any atom is 0.257 e. The Hall–Kier alpha value is -2.53. The Morgan fingerprint density at radius 2 is 1.80 bits per heavy atom. The van der Waals surface area contributed by atoms with Gasteiger partial charge < -0.3 is 14.1 Å². The molecule has 2 aromatic carbocycles. The lowest BCUT2D eigenvalue weighted by Gasteiger charge is -2.17. The summed E-state index contributed by atoms with van der Waals surface area (Å²) in [6, 6.07) is 18.9. The van der Waals surface area contributed by atoms with Gasteiger partial charge in [0.2, 0.25) is 0 Å². The second-order valence-electron chi connectivity index (χ2n) is 5.63. The van der Waals surface area contributed by atoms with Gasteiger partial charge in [0.25, 0.3) is 5.91 Å². The van der Waals surface area contributed by atoms with Crippen LogP contribution in [0.5, 0.6) is 5.75 Å². The summed E-state index contributed by atoms with van der Waals surface area (Å²) in [7, 11) is 3.31. The summed E-state index contributed by atoms with van der Waals surface area (Å²) in [6.07, 6.45) is 0. The molecule has 4 nitrogen and oxygen atoms in total. The van der Waals surface area contributed by atoms with E-state index in [1.54, 1.807) is 31.2 Å². The van der Waals surface area contributed by atoms with E-state index in [4.69, 9.17) is 9.15 Å². The van der Waals surface area contributed by atoms with Crippen molar-refractivity contribution in [3.8, 4) is 17.1 Å². The molecule has 0 radical (unpaired) electrons. The van der Waals surface area contributed by atoms with E-state index in [-0.39, 0.29) is 5.91 Å². The molecule has 0 unspecified atom stereocenters. The Morgan fingerprint density at radius 3 is 2.52 bits per heavy atom. The van der Waals surface area contributed by atoms with Crippen molar-refractivity contribution in [3.05, 3.63) is 76.5 Å². The fourth-order valence-electron chi connectivity index (χ4n) is 2.56. The molecule has 3 rings (SSSR count). The normalized spacial score (nSPS) is 10.5. The van der Waals surface area contributed by atoms with Crippen molar-refractivity contribution in [1.29, 1.82) is 0 Å². The lowest BCUT2D eigenvalue weighted by molar-refractivity contribution is 0.0772. The molecule has 3 aromatic rings. The van der Waals surface area contributed by atoms with Crippen molar-refractivity contribution >= 4 is 21.8 Å². The van der Waals surface area contributed by atoms with Crippen LogP contribution in [0.15, 0.2) is 69.6 Å². The van der Waals surface area contributed by atoms with Crippen LogP contribution in [0.1, 0.15) is 16.1 Å². The van der Waals surface area contributed by atoms with E-state index in [0.717, 1.165) is 21.6 Å². The lowest BCUT2D eigenvalue weighted by atomic mass is 10.1. The van der Waals surface area contributed by atoms with Crippen LogP contribution < -0.4 is 4.74 Å². The van der Waals surface area contributed by atoms with Crippen molar-refractivity contribution in [2.24, 2.45) is 0 Å². The van der Waals surface area contributed by atoms with Gasteiger partial charge in [0, 0.05) is 17.1 Å². The van der Waals surface area contributed by atoms with Gasteiger partial charge in [-0.05, 0) is 36.4 Å². The highest BCUT2D eigenvalue weighted by molar-refractivity contribution is 9.10. The second kappa shape index (κ2) is 7.57. The summed E-state index contributed by atoms with van der Waals surface area (Å²) in [4.78, 5) is 14.3. The molecular formula is C20H18BrNO3. The lowest BCUT2D eigenvalue weighted by Crippen LogP contribution is -2.26. The molecule has 5 heteroatoms. The molecule has 128 valence electrons. The minimum absolute atomic E-state index is 0.112. The largest absolute Gasteiger partial charge is 0.496 e. The van der Waals surface area contributed by atoms with E-state index in [1.807, 2.05) is 48.5 Å². The molecule has 0 saturated heterocycles. The van der Waals surface area contributed by atoms with Gasteiger partial charge in [-0.1, -0.05) is 40.2 Å². The van der Waals surface area contributed by atoms with Gasteiger partial charge in [-0.2, -0.15) is 0 Å². The highest BCUT2D eigenvalue weighted by Crippen LogP contribution is 2.25. The maximum atomic E-state index is 12.6. The molecule has 0 atom stereocenters. The van der Waals surface area contributed by atoms with Crippen molar-refractivity contribution in [2.45, 2.75) is 6.54 Å². The summed E-state index contributed by atoms with van der Waals surface area (Å²) in [5, 5.41) is 0. The molecule has 25 heavy (non-hydrogen) atoms. The SMILES string of the molecule is COc1ccccc1C(=O)N(C)Cc1ccc(-c2ccc(Br)cc2)o1. The van der Waals surface area contributed by atoms with Crippen LogP contribution in [-0.2, 0) is 6.54 Å². The van der Waals surface area contributed by atoms with Gasteiger partial charge in [-0.15, -0.1) is 0 Å². The number of hydrogen-bond donors (Lipinski definition) is 0. The predicted octanol–water partition coefficient (Wildman–Crippen LogP) is 4.99. The molecule has 0 aliphatic heterocycles. The average molecular weight is 400 g/mol. The first kappa shape index (κ1) is 17.3. The van der Waals surface area contributed by atoms with Crippen molar-refractivity contribution in [1.82, 2.24) is 4.90 Å². The quantitative estimate of drug-likeness (QED) is 0.606. The third kappa shape index (κ3) is 3.94. The van der Waals surface area contributed by atoms with Crippen LogP contribution >= 0.6 is 15.9 Å². The number of carbonyl (C=O) groups excluding carboxylic acids is 1. The third-order valence-electron chi connectivity index (χ3n) is 3.87. The Kier molecular flexibility index (Phi) is 5.24. The minimum atomic E-state index is -0.112. The van der Waals surface area contributed by atoms with Crippen molar-refractivity contribution < 1.29 is 13.9 Å². The highest BCUT2D eigenvalue weighted by atomic mass is 79.9. The Morgan fingerprint density at radius 1 is 1.08 bits per heavy atom. The molecule has 0 saturated carbocycles. The fourth-order valence-corrected chi connectivity index (χ4v) is 2.83. The fraction of sp³-hybridized carbons (Fsp3) is 0.150. The molecule has 0 N–H and O–H groups in total. The topological polar surface area (TPSA) is 42.7 Å². The molecule has 0 aliphatic carbocycles. The summed E-state index contributed by atoms with van der Waals surface area (Å²) < 4.78 is 12.2. The maximum absolute atomic E-state index is 12.6. The number of hydrogen-bond acceptors (Lipinski definition) is 3. The van der Waals surface area contributed by atoms with Crippen molar-refractivity contribution in [3.63, 3.8) is 0 Å².